The lowest BCUT2D eigenvalue weighted by atomic mass is 10.1. The van der Waals surface area contributed by atoms with E-state index in [-0.39, 0.29) is 6.09 Å². The van der Waals surface area contributed by atoms with Gasteiger partial charge in [-0.05, 0) is 25.7 Å². The number of carbonyl (C=O) groups excluding carboxylic acids is 1. The summed E-state index contributed by atoms with van der Waals surface area (Å²) in [4.78, 5) is 13.7. The molecule has 0 aliphatic heterocycles. The molecule has 0 atom stereocenters. The zero-order valence-electron chi connectivity index (χ0n) is 10.2. The predicted octanol–water partition coefficient (Wildman–Crippen LogP) is 3.04. The van der Waals surface area contributed by atoms with E-state index in [1.54, 1.807) is 0 Å². The first-order valence-corrected chi connectivity index (χ1v) is 6.08. The molecular weight excluding hydrogens is 190 g/mol. The van der Waals surface area contributed by atoms with Crippen molar-refractivity contribution in [1.82, 2.24) is 4.90 Å². The standard InChI is InChI=1S/C12H23NO2/c1-4-15-12(14)13(9-10(2)3)11-7-5-6-8-11/h10-11H,4-9H2,1-3H3. The van der Waals surface area contributed by atoms with Crippen LogP contribution in [-0.4, -0.2) is 30.2 Å². The zero-order chi connectivity index (χ0) is 11.3. The summed E-state index contributed by atoms with van der Waals surface area (Å²) in [5.74, 6) is 0.509. The fourth-order valence-electron chi connectivity index (χ4n) is 2.19. The molecule has 1 amide bonds. The van der Waals surface area contributed by atoms with Crippen molar-refractivity contribution in [2.45, 2.75) is 52.5 Å². The topological polar surface area (TPSA) is 29.5 Å². The van der Waals surface area contributed by atoms with E-state index in [1.165, 1.54) is 12.8 Å². The van der Waals surface area contributed by atoms with Crippen LogP contribution in [0, 0.1) is 5.92 Å². The lowest BCUT2D eigenvalue weighted by Gasteiger charge is -2.29. The van der Waals surface area contributed by atoms with Crippen LogP contribution in [0.1, 0.15) is 46.5 Å². The predicted molar refractivity (Wildman–Crippen MR) is 60.8 cm³/mol. The van der Waals surface area contributed by atoms with Gasteiger partial charge in [-0.2, -0.15) is 0 Å². The fraction of sp³-hybridized carbons (Fsp3) is 0.917. The van der Waals surface area contributed by atoms with E-state index < -0.39 is 0 Å². The van der Waals surface area contributed by atoms with Crippen LogP contribution in [-0.2, 0) is 4.74 Å². The first-order valence-electron chi connectivity index (χ1n) is 6.08. The number of hydrogen-bond acceptors (Lipinski definition) is 2. The molecule has 15 heavy (non-hydrogen) atoms. The van der Waals surface area contributed by atoms with E-state index >= 15 is 0 Å². The molecule has 1 aliphatic rings. The number of carbonyl (C=O) groups is 1. The molecule has 3 heteroatoms. The van der Waals surface area contributed by atoms with Gasteiger partial charge in [0.15, 0.2) is 0 Å². The Bertz CT molecular complexity index is 198. The van der Waals surface area contributed by atoms with Gasteiger partial charge in [0.1, 0.15) is 0 Å². The van der Waals surface area contributed by atoms with Gasteiger partial charge >= 0.3 is 6.09 Å². The summed E-state index contributed by atoms with van der Waals surface area (Å²) in [6, 6.07) is 0.423. The minimum absolute atomic E-state index is 0.127. The first-order chi connectivity index (χ1) is 7.15. The van der Waals surface area contributed by atoms with Crippen LogP contribution in [0.3, 0.4) is 0 Å². The van der Waals surface area contributed by atoms with Crippen molar-refractivity contribution in [3.63, 3.8) is 0 Å². The molecule has 0 aromatic carbocycles. The first kappa shape index (κ1) is 12.3. The van der Waals surface area contributed by atoms with E-state index in [4.69, 9.17) is 4.74 Å². The molecule has 0 radical (unpaired) electrons. The van der Waals surface area contributed by atoms with Crippen molar-refractivity contribution in [3.8, 4) is 0 Å². The lowest BCUT2D eigenvalue weighted by Crippen LogP contribution is -2.41. The summed E-state index contributed by atoms with van der Waals surface area (Å²) in [5.41, 5.74) is 0. The van der Waals surface area contributed by atoms with Crippen LogP contribution in [0.2, 0.25) is 0 Å². The van der Waals surface area contributed by atoms with Crippen LogP contribution >= 0.6 is 0 Å². The number of amides is 1. The molecule has 0 N–H and O–H groups in total. The molecule has 1 fully saturated rings. The van der Waals surface area contributed by atoms with E-state index in [2.05, 4.69) is 13.8 Å². The number of rotatable bonds is 4. The third kappa shape index (κ3) is 3.73. The monoisotopic (exact) mass is 213 g/mol. The maximum atomic E-state index is 11.8. The Balaban J connectivity index is 2.54. The van der Waals surface area contributed by atoms with Crippen molar-refractivity contribution in [1.29, 1.82) is 0 Å². The maximum absolute atomic E-state index is 11.8. The minimum Gasteiger partial charge on any atom is -0.450 e. The van der Waals surface area contributed by atoms with Crippen LogP contribution < -0.4 is 0 Å². The molecule has 0 unspecified atom stereocenters. The van der Waals surface area contributed by atoms with E-state index in [9.17, 15) is 4.79 Å². The highest BCUT2D eigenvalue weighted by Gasteiger charge is 2.27. The Morgan fingerprint density at radius 1 is 1.40 bits per heavy atom. The largest absolute Gasteiger partial charge is 0.450 e. The van der Waals surface area contributed by atoms with E-state index in [1.807, 2.05) is 11.8 Å². The van der Waals surface area contributed by atoms with Gasteiger partial charge in [-0.3, -0.25) is 0 Å². The molecule has 0 heterocycles. The Labute approximate surface area is 92.8 Å². The highest BCUT2D eigenvalue weighted by Crippen LogP contribution is 2.24. The summed E-state index contributed by atoms with van der Waals surface area (Å²) in [6.45, 7) is 7.44. The second kappa shape index (κ2) is 5.99. The molecule has 0 spiro atoms. The summed E-state index contributed by atoms with van der Waals surface area (Å²) in [7, 11) is 0. The van der Waals surface area contributed by atoms with Gasteiger partial charge in [0, 0.05) is 12.6 Å². The maximum Gasteiger partial charge on any atom is 0.410 e. The number of nitrogens with zero attached hydrogens (tertiary/aromatic N) is 1. The zero-order valence-corrected chi connectivity index (χ0v) is 10.2. The summed E-state index contributed by atoms with van der Waals surface area (Å²) in [6.07, 6.45) is 4.66. The van der Waals surface area contributed by atoms with Gasteiger partial charge in [-0.25, -0.2) is 4.79 Å². The summed E-state index contributed by atoms with van der Waals surface area (Å²) < 4.78 is 5.10. The van der Waals surface area contributed by atoms with Crippen LogP contribution in [0.5, 0.6) is 0 Å². The molecule has 3 nitrogen and oxygen atoms in total. The Kier molecular flexibility index (Phi) is 4.92. The quantitative estimate of drug-likeness (QED) is 0.718. The van der Waals surface area contributed by atoms with Gasteiger partial charge in [0.2, 0.25) is 0 Å². The van der Waals surface area contributed by atoms with Gasteiger partial charge in [-0.1, -0.05) is 26.7 Å². The third-order valence-corrected chi connectivity index (χ3v) is 2.83. The van der Waals surface area contributed by atoms with Gasteiger partial charge in [0.25, 0.3) is 0 Å². The van der Waals surface area contributed by atoms with Crippen LogP contribution in [0.25, 0.3) is 0 Å². The molecule has 0 bridgehead atoms. The average molecular weight is 213 g/mol. The molecular formula is C12H23NO2. The lowest BCUT2D eigenvalue weighted by molar-refractivity contribution is 0.0854. The van der Waals surface area contributed by atoms with Gasteiger partial charge in [-0.15, -0.1) is 0 Å². The highest BCUT2D eigenvalue weighted by atomic mass is 16.6. The summed E-state index contributed by atoms with van der Waals surface area (Å²) >= 11 is 0. The van der Waals surface area contributed by atoms with Gasteiger partial charge in [0.05, 0.1) is 6.61 Å². The second-order valence-electron chi connectivity index (χ2n) is 4.68. The second-order valence-corrected chi connectivity index (χ2v) is 4.68. The molecule has 1 aliphatic carbocycles. The van der Waals surface area contributed by atoms with Crippen molar-refractivity contribution in [3.05, 3.63) is 0 Å². The van der Waals surface area contributed by atoms with Crippen molar-refractivity contribution < 1.29 is 9.53 Å². The van der Waals surface area contributed by atoms with Crippen molar-refractivity contribution in [2.75, 3.05) is 13.2 Å². The van der Waals surface area contributed by atoms with E-state index in [0.717, 1.165) is 19.4 Å². The normalized spacial score (nSPS) is 17.1. The molecule has 1 saturated carbocycles. The Morgan fingerprint density at radius 3 is 2.47 bits per heavy atom. The third-order valence-electron chi connectivity index (χ3n) is 2.83. The van der Waals surface area contributed by atoms with Gasteiger partial charge < -0.3 is 9.64 Å². The van der Waals surface area contributed by atoms with E-state index in [0.29, 0.717) is 18.6 Å². The average Bonchev–Trinajstić information content (AvgIpc) is 2.66. The number of hydrogen-bond donors (Lipinski definition) is 0. The molecule has 0 aromatic heterocycles. The Morgan fingerprint density at radius 2 is 2.00 bits per heavy atom. The fourth-order valence-corrected chi connectivity index (χ4v) is 2.19. The van der Waals surface area contributed by atoms with Crippen molar-refractivity contribution >= 4 is 6.09 Å². The van der Waals surface area contributed by atoms with Crippen LogP contribution in [0.15, 0.2) is 0 Å². The van der Waals surface area contributed by atoms with Crippen molar-refractivity contribution in [2.24, 2.45) is 5.92 Å². The number of ether oxygens (including phenoxy) is 1. The molecule has 0 aromatic rings. The van der Waals surface area contributed by atoms with Crippen LogP contribution in [0.4, 0.5) is 4.79 Å². The smallest absolute Gasteiger partial charge is 0.410 e. The minimum atomic E-state index is -0.127. The molecule has 88 valence electrons. The highest BCUT2D eigenvalue weighted by molar-refractivity contribution is 5.68. The molecule has 0 saturated heterocycles. The SMILES string of the molecule is CCOC(=O)N(CC(C)C)C1CCCC1. The Hall–Kier alpha value is -0.730. The summed E-state index contributed by atoms with van der Waals surface area (Å²) in [5, 5.41) is 0. The molecule has 1 rings (SSSR count).